The van der Waals surface area contributed by atoms with Gasteiger partial charge in [0.1, 0.15) is 11.5 Å². The van der Waals surface area contributed by atoms with Gasteiger partial charge in [0.05, 0.1) is 11.7 Å². The van der Waals surface area contributed by atoms with Gasteiger partial charge in [0.15, 0.2) is 5.75 Å². The molecule has 3 aromatic rings. The number of hydrogen-bond donors (Lipinski definition) is 2. The summed E-state index contributed by atoms with van der Waals surface area (Å²) in [7, 11) is 5.53. The summed E-state index contributed by atoms with van der Waals surface area (Å²) in [5.41, 5.74) is 1.55. The molecule has 3 heterocycles. The summed E-state index contributed by atoms with van der Waals surface area (Å²) in [6.07, 6.45) is 0. The molecular formula is C20H22N6O2. The average molecular weight is 378 g/mol. The van der Waals surface area contributed by atoms with Crippen molar-refractivity contribution in [3.05, 3.63) is 48.0 Å². The van der Waals surface area contributed by atoms with Gasteiger partial charge in [-0.05, 0) is 31.2 Å². The van der Waals surface area contributed by atoms with Gasteiger partial charge in [-0.3, -0.25) is 0 Å². The first-order chi connectivity index (χ1) is 13.5. The van der Waals surface area contributed by atoms with Crippen LogP contribution in [0.3, 0.4) is 0 Å². The van der Waals surface area contributed by atoms with Gasteiger partial charge in [0.2, 0.25) is 17.8 Å². The molecule has 1 atom stereocenters. The Balaban J connectivity index is 1.97. The molecule has 1 unspecified atom stereocenters. The van der Waals surface area contributed by atoms with Gasteiger partial charge >= 0.3 is 0 Å². The molecule has 2 aliphatic heterocycles. The normalized spacial score (nSPS) is 15.8. The van der Waals surface area contributed by atoms with Gasteiger partial charge in [0, 0.05) is 32.8 Å². The number of ether oxygens (including phenoxy) is 1. The SMILES string of the molecule is CNc1nc2nc(n1)N(C)C(C)c1ccc(cc1O)Oc1ccccc1N2C. The predicted octanol–water partition coefficient (Wildman–Crippen LogP) is 3.69. The Morgan fingerprint density at radius 2 is 1.79 bits per heavy atom. The summed E-state index contributed by atoms with van der Waals surface area (Å²) in [4.78, 5) is 17.4. The minimum atomic E-state index is -0.164. The van der Waals surface area contributed by atoms with Crippen LogP contribution in [0.1, 0.15) is 18.5 Å². The first-order valence-electron chi connectivity index (χ1n) is 8.98. The smallest absolute Gasteiger partial charge is 0.236 e. The maximum absolute atomic E-state index is 10.6. The zero-order valence-corrected chi connectivity index (χ0v) is 16.2. The van der Waals surface area contributed by atoms with Crippen molar-refractivity contribution < 1.29 is 9.84 Å². The van der Waals surface area contributed by atoms with E-state index in [1.807, 2.05) is 67.2 Å². The van der Waals surface area contributed by atoms with Crippen molar-refractivity contribution in [2.45, 2.75) is 13.0 Å². The Bertz CT molecular complexity index is 1030. The average Bonchev–Trinajstić information content (AvgIpc) is 2.72. The van der Waals surface area contributed by atoms with E-state index in [1.165, 1.54) is 0 Å². The number of fused-ring (bicyclic) bond motifs is 3. The number of anilines is 4. The Morgan fingerprint density at radius 3 is 2.54 bits per heavy atom. The second-order valence-electron chi connectivity index (χ2n) is 6.65. The van der Waals surface area contributed by atoms with Gasteiger partial charge in [-0.15, -0.1) is 0 Å². The van der Waals surface area contributed by atoms with Crippen molar-refractivity contribution in [3.63, 3.8) is 0 Å². The molecule has 2 aromatic carbocycles. The van der Waals surface area contributed by atoms with E-state index < -0.39 is 0 Å². The Labute approximate surface area is 163 Å². The van der Waals surface area contributed by atoms with Crippen molar-refractivity contribution in [1.82, 2.24) is 15.0 Å². The topological polar surface area (TPSA) is 86.6 Å². The van der Waals surface area contributed by atoms with E-state index >= 15 is 0 Å². The number of phenolic OH excluding ortho intramolecular Hbond substituents is 1. The van der Waals surface area contributed by atoms with Gasteiger partial charge in [-0.2, -0.15) is 15.0 Å². The number of phenols is 1. The first kappa shape index (κ1) is 17.8. The monoisotopic (exact) mass is 378 g/mol. The molecule has 0 amide bonds. The minimum Gasteiger partial charge on any atom is -0.507 e. The van der Waals surface area contributed by atoms with Crippen molar-refractivity contribution in [2.75, 3.05) is 36.3 Å². The highest BCUT2D eigenvalue weighted by molar-refractivity contribution is 5.67. The van der Waals surface area contributed by atoms with E-state index in [1.54, 1.807) is 13.1 Å². The third kappa shape index (κ3) is 3.02. The molecular weight excluding hydrogens is 356 g/mol. The van der Waals surface area contributed by atoms with E-state index in [2.05, 4.69) is 20.3 Å². The number of rotatable bonds is 1. The van der Waals surface area contributed by atoms with Crippen LogP contribution in [-0.2, 0) is 0 Å². The lowest BCUT2D eigenvalue weighted by Crippen LogP contribution is -2.25. The molecule has 0 saturated carbocycles. The molecule has 0 aliphatic carbocycles. The summed E-state index contributed by atoms with van der Waals surface area (Å²) in [5.74, 6) is 2.78. The standard InChI is InChI=1S/C20H22N6O2/c1-12-14-10-9-13(11-16(14)27)28-17-8-6-5-7-15(17)26(4)20-23-18(21-2)22-19(24-20)25(12)3/h5-12,27H,1-4H3,(H,21,22,23,24). The van der Waals surface area contributed by atoms with Gasteiger partial charge < -0.3 is 25.0 Å². The molecule has 4 bridgehead atoms. The molecule has 2 aliphatic rings. The van der Waals surface area contributed by atoms with Gasteiger partial charge in [-0.1, -0.05) is 12.1 Å². The quantitative estimate of drug-likeness (QED) is 0.663. The molecule has 5 rings (SSSR count). The molecule has 0 saturated heterocycles. The molecule has 8 nitrogen and oxygen atoms in total. The number of nitrogens with zero attached hydrogens (tertiary/aromatic N) is 5. The van der Waals surface area contributed by atoms with E-state index in [9.17, 15) is 5.11 Å². The van der Waals surface area contributed by atoms with E-state index in [-0.39, 0.29) is 11.8 Å². The summed E-state index contributed by atoms with van der Waals surface area (Å²) in [5, 5.41) is 13.6. The number of benzene rings is 2. The number of aromatic nitrogens is 3. The van der Waals surface area contributed by atoms with Crippen LogP contribution in [0.15, 0.2) is 42.5 Å². The van der Waals surface area contributed by atoms with Crippen LogP contribution >= 0.6 is 0 Å². The molecule has 0 spiro atoms. The maximum Gasteiger partial charge on any atom is 0.236 e. The van der Waals surface area contributed by atoms with E-state index in [0.29, 0.717) is 29.3 Å². The summed E-state index contributed by atoms with van der Waals surface area (Å²) in [6, 6.07) is 12.8. The first-order valence-corrected chi connectivity index (χ1v) is 8.98. The fraction of sp³-hybridized carbons (Fsp3) is 0.250. The van der Waals surface area contributed by atoms with Crippen LogP contribution in [0.4, 0.5) is 23.5 Å². The van der Waals surface area contributed by atoms with Crippen LogP contribution in [0.25, 0.3) is 0 Å². The number of hydrogen-bond acceptors (Lipinski definition) is 8. The Morgan fingerprint density at radius 1 is 1.04 bits per heavy atom. The van der Waals surface area contributed by atoms with Crippen molar-refractivity contribution in [1.29, 1.82) is 0 Å². The van der Waals surface area contributed by atoms with Crippen molar-refractivity contribution in [2.24, 2.45) is 0 Å². The fourth-order valence-corrected chi connectivity index (χ4v) is 3.15. The molecule has 144 valence electrons. The van der Waals surface area contributed by atoms with Crippen LogP contribution in [0, 0.1) is 0 Å². The highest BCUT2D eigenvalue weighted by atomic mass is 16.5. The summed E-state index contributed by atoms with van der Waals surface area (Å²) < 4.78 is 6.07. The van der Waals surface area contributed by atoms with Crippen LogP contribution in [0.5, 0.6) is 17.2 Å². The predicted molar refractivity (Wildman–Crippen MR) is 109 cm³/mol. The van der Waals surface area contributed by atoms with Gasteiger partial charge in [-0.25, -0.2) is 0 Å². The largest absolute Gasteiger partial charge is 0.507 e. The lowest BCUT2D eigenvalue weighted by atomic mass is 10.1. The van der Waals surface area contributed by atoms with Crippen LogP contribution in [-0.4, -0.2) is 41.2 Å². The minimum absolute atomic E-state index is 0.157. The molecule has 2 N–H and O–H groups in total. The molecule has 0 fully saturated rings. The second kappa shape index (κ2) is 6.88. The van der Waals surface area contributed by atoms with E-state index in [4.69, 9.17) is 4.74 Å². The van der Waals surface area contributed by atoms with Crippen molar-refractivity contribution >= 4 is 23.5 Å². The highest BCUT2D eigenvalue weighted by Crippen LogP contribution is 2.39. The number of para-hydroxylation sites is 2. The van der Waals surface area contributed by atoms with Gasteiger partial charge in [0.25, 0.3) is 0 Å². The summed E-state index contributed by atoms with van der Waals surface area (Å²) in [6.45, 7) is 1.98. The lowest BCUT2D eigenvalue weighted by molar-refractivity contribution is 0.446. The number of aromatic hydroxyl groups is 1. The van der Waals surface area contributed by atoms with E-state index in [0.717, 1.165) is 11.3 Å². The maximum atomic E-state index is 10.6. The fourth-order valence-electron chi connectivity index (χ4n) is 3.15. The highest BCUT2D eigenvalue weighted by Gasteiger charge is 2.23. The Kier molecular flexibility index (Phi) is 4.38. The van der Waals surface area contributed by atoms with Crippen molar-refractivity contribution in [3.8, 4) is 17.2 Å². The lowest BCUT2D eigenvalue weighted by Gasteiger charge is -2.27. The number of nitrogens with one attached hydrogen (secondary N) is 1. The molecule has 1 aromatic heterocycles. The molecule has 0 radical (unpaired) electrons. The third-order valence-electron chi connectivity index (χ3n) is 4.94. The summed E-state index contributed by atoms with van der Waals surface area (Å²) >= 11 is 0. The zero-order valence-electron chi connectivity index (χ0n) is 16.2. The molecule has 8 heteroatoms. The second-order valence-corrected chi connectivity index (χ2v) is 6.65. The van der Waals surface area contributed by atoms with Crippen LogP contribution < -0.4 is 19.9 Å². The Hall–Kier alpha value is -3.55. The van der Waals surface area contributed by atoms with Crippen LogP contribution in [0.2, 0.25) is 0 Å². The molecule has 28 heavy (non-hydrogen) atoms. The third-order valence-corrected chi connectivity index (χ3v) is 4.94. The zero-order chi connectivity index (χ0) is 19.8.